The van der Waals surface area contributed by atoms with E-state index in [9.17, 15) is 14.0 Å². The van der Waals surface area contributed by atoms with Crippen molar-refractivity contribution in [3.8, 4) is 5.69 Å². The van der Waals surface area contributed by atoms with Gasteiger partial charge >= 0.3 is 5.69 Å². The quantitative estimate of drug-likeness (QED) is 0.632. The van der Waals surface area contributed by atoms with Crippen molar-refractivity contribution < 1.29 is 9.18 Å². The lowest BCUT2D eigenvalue weighted by Gasteiger charge is -2.32. The van der Waals surface area contributed by atoms with Gasteiger partial charge in [0.15, 0.2) is 0 Å². The van der Waals surface area contributed by atoms with Crippen LogP contribution in [0.1, 0.15) is 42.0 Å². The molecule has 0 unspecified atom stereocenters. The van der Waals surface area contributed by atoms with Crippen LogP contribution in [0.15, 0.2) is 29.1 Å². The van der Waals surface area contributed by atoms with Gasteiger partial charge in [-0.05, 0) is 56.7 Å². The fourth-order valence-corrected chi connectivity index (χ4v) is 4.33. The first-order chi connectivity index (χ1) is 14.9. The molecule has 4 rings (SSSR count). The average Bonchev–Trinajstić information content (AvgIpc) is 3.28. The molecule has 1 aromatic carbocycles. The molecule has 8 nitrogen and oxygen atoms in total. The summed E-state index contributed by atoms with van der Waals surface area (Å²) in [6.07, 6.45) is 3.37. The van der Waals surface area contributed by atoms with Crippen LogP contribution in [0.2, 0.25) is 0 Å². The molecule has 31 heavy (non-hydrogen) atoms. The Morgan fingerprint density at radius 3 is 2.58 bits per heavy atom. The summed E-state index contributed by atoms with van der Waals surface area (Å²) in [4.78, 5) is 26.8. The maximum absolute atomic E-state index is 14.2. The van der Waals surface area contributed by atoms with Gasteiger partial charge in [0.1, 0.15) is 11.6 Å². The van der Waals surface area contributed by atoms with Crippen LogP contribution in [0.3, 0.4) is 0 Å². The Kier molecular flexibility index (Phi) is 6.01. The monoisotopic (exact) mass is 426 g/mol. The van der Waals surface area contributed by atoms with Crippen molar-refractivity contribution in [2.24, 2.45) is 5.92 Å². The van der Waals surface area contributed by atoms with E-state index in [4.69, 9.17) is 0 Å². The number of halogens is 1. The Morgan fingerprint density at radius 2 is 1.90 bits per heavy atom. The molecule has 1 aliphatic heterocycles. The Morgan fingerprint density at radius 1 is 1.16 bits per heavy atom. The van der Waals surface area contributed by atoms with E-state index in [1.54, 1.807) is 18.2 Å². The molecular weight excluding hydrogens is 399 g/mol. The second kappa shape index (κ2) is 8.87. The smallest absolute Gasteiger partial charge is 0.343 e. The van der Waals surface area contributed by atoms with Crippen LogP contribution in [0, 0.1) is 25.6 Å². The molecule has 2 aromatic heterocycles. The topological polar surface area (TPSA) is 99.7 Å². The largest absolute Gasteiger partial charge is 0.348 e. The van der Waals surface area contributed by atoms with Crippen LogP contribution in [0.5, 0.6) is 0 Å². The number of hydrogen-bond donors (Lipinski definition) is 2. The molecule has 0 aliphatic carbocycles. The highest BCUT2D eigenvalue weighted by molar-refractivity contribution is 5.76. The van der Waals surface area contributed by atoms with Gasteiger partial charge < -0.3 is 4.90 Å². The highest BCUT2D eigenvalue weighted by Gasteiger charge is 2.25. The molecular formula is C22H27FN6O2. The van der Waals surface area contributed by atoms with Gasteiger partial charge in [-0.15, -0.1) is 0 Å². The molecule has 0 bridgehead atoms. The first-order valence-electron chi connectivity index (χ1n) is 10.6. The predicted molar refractivity (Wildman–Crippen MR) is 114 cm³/mol. The minimum Gasteiger partial charge on any atom is -0.343 e. The number of hydrogen-bond acceptors (Lipinski definition) is 4. The lowest BCUT2D eigenvalue weighted by molar-refractivity contribution is -0.132. The fraction of sp³-hybridized carbons (Fsp3) is 0.455. The molecule has 0 radical (unpaired) electrons. The summed E-state index contributed by atoms with van der Waals surface area (Å²) in [5.74, 6) is 0.492. The van der Waals surface area contributed by atoms with Gasteiger partial charge in [0.05, 0.1) is 11.4 Å². The summed E-state index contributed by atoms with van der Waals surface area (Å²) < 4.78 is 15.5. The molecule has 9 heteroatoms. The van der Waals surface area contributed by atoms with E-state index in [1.807, 2.05) is 18.7 Å². The van der Waals surface area contributed by atoms with Crippen molar-refractivity contribution >= 4 is 5.91 Å². The highest BCUT2D eigenvalue weighted by Crippen LogP contribution is 2.23. The number of para-hydroxylation sites is 1. The number of carbonyl (C=O) groups excluding carboxylic acids is 1. The van der Waals surface area contributed by atoms with E-state index < -0.39 is 11.5 Å². The van der Waals surface area contributed by atoms with Crippen molar-refractivity contribution in [1.82, 2.24) is 29.9 Å². The fourth-order valence-electron chi connectivity index (χ4n) is 4.33. The number of nitrogens with zero attached hydrogens (tertiary/aromatic N) is 4. The molecule has 164 valence electrons. The number of rotatable bonds is 6. The SMILES string of the molecule is Cc1n[nH]c(C)c1CCC(=O)N1CCC(Cc2n[nH]c(=O)n2-c2ccccc2F)CC1. The maximum atomic E-state index is 14.2. The van der Waals surface area contributed by atoms with Crippen molar-refractivity contribution in [1.29, 1.82) is 0 Å². The molecule has 1 amide bonds. The van der Waals surface area contributed by atoms with E-state index in [0.717, 1.165) is 29.8 Å². The minimum atomic E-state index is -0.462. The van der Waals surface area contributed by atoms with Crippen LogP contribution in [0.4, 0.5) is 4.39 Å². The number of benzene rings is 1. The zero-order valence-corrected chi connectivity index (χ0v) is 17.8. The summed E-state index contributed by atoms with van der Waals surface area (Å²) in [7, 11) is 0. The van der Waals surface area contributed by atoms with E-state index in [0.29, 0.717) is 38.2 Å². The van der Waals surface area contributed by atoms with Crippen molar-refractivity contribution in [3.05, 3.63) is 63.3 Å². The van der Waals surface area contributed by atoms with Gasteiger partial charge in [-0.2, -0.15) is 10.2 Å². The van der Waals surface area contributed by atoms with Crippen molar-refractivity contribution in [2.75, 3.05) is 13.1 Å². The third kappa shape index (κ3) is 4.45. The Bertz CT molecular complexity index is 1100. The van der Waals surface area contributed by atoms with Crippen LogP contribution < -0.4 is 5.69 Å². The summed E-state index contributed by atoms with van der Waals surface area (Å²) in [5.41, 5.74) is 2.84. The number of aromatic nitrogens is 5. The van der Waals surface area contributed by atoms with E-state index in [2.05, 4.69) is 20.4 Å². The van der Waals surface area contributed by atoms with Crippen LogP contribution in [-0.2, 0) is 17.6 Å². The number of H-pyrrole nitrogens is 2. The molecule has 0 atom stereocenters. The molecule has 1 saturated heterocycles. The van der Waals surface area contributed by atoms with Gasteiger partial charge in [-0.1, -0.05) is 12.1 Å². The second-order valence-corrected chi connectivity index (χ2v) is 8.17. The van der Waals surface area contributed by atoms with Crippen LogP contribution in [0.25, 0.3) is 5.69 Å². The highest BCUT2D eigenvalue weighted by atomic mass is 19.1. The minimum absolute atomic E-state index is 0.154. The average molecular weight is 426 g/mol. The molecule has 3 heterocycles. The van der Waals surface area contributed by atoms with E-state index >= 15 is 0 Å². The number of likely N-dealkylation sites (tertiary alicyclic amines) is 1. The molecule has 2 N–H and O–H groups in total. The summed E-state index contributed by atoms with van der Waals surface area (Å²) in [5, 5.41) is 13.7. The van der Waals surface area contributed by atoms with Gasteiger partial charge in [-0.25, -0.2) is 18.9 Å². The van der Waals surface area contributed by atoms with Gasteiger partial charge in [0, 0.05) is 31.6 Å². The Labute approximate surface area is 179 Å². The lowest BCUT2D eigenvalue weighted by Crippen LogP contribution is -2.39. The predicted octanol–water partition coefficient (Wildman–Crippen LogP) is 2.45. The number of amides is 1. The zero-order valence-electron chi connectivity index (χ0n) is 17.8. The third-order valence-electron chi connectivity index (χ3n) is 6.14. The molecule has 1 aliphatic rings. The normalized spacial score (nSPS) is 14.9. The number of carbonyl (C=O) groups is 1. The van der Waals surface area contributed by atoms with Crippen molar-refractivity contribution in [2.45, 2.75) is 46.0 Å². The number of aromatic amines is 2. The van der Waals surface area contributed by atoms with Crippen molar-refractivity contribution in [3.63, 3.8) is 0 Å². The van der Waals surface area contributed by atoms with Crippen LogP contribution >= 0.6 is 0 Å². The second-order valence-electron chi connectivity index (χ2n) is 8.17. The third-order valence-corrected chi connectivity index (χ3v) is 6.14. The maximum Gasteiger partial charge on any atom is 0.348 e. The number of piperidine rings is 1. The first kappa shape index (κ1) is 21.0. The molecule has 0 spiro atoms. The van der Waals surface area contributed by atoms with Crippen LogP contribution in [-0.4, -0.2) is 48.9 Å². The van der Waals surface area contributed by atoms with Gasteiger partial charge in [-0.3, -0.25) is 9.89 Å². The standard InChI is InChI=1S/C22H27FN6O2/c1-14-17(15(2)25-24-14)7-8-21(30)28-11-9-16(10-12-28)13-20-26-27-22(31)29(20)19-6-4-3-5-18(19)23/h3-6,16H,7-13H2,1-2H3,(H,24,25)(H,27,31). The molecule has 3 aromatic rings. The molecule has 0 saturated carbocycles. The van der Waals surface area contributed by atoms with Gasteiger partial charge in [0.25, 0.3) is 0 Å². The Hall–Kier alpha value is -3.23. The van der Waals surface area contributed by atoms with E-state index in [-0.39, 0.29) is 17.5 Å². The summed E-state index contributed by atoms with van der Waals surface area (Å²) in [6.45, 7) is 5.29. The number of nitrogens with one attached hydrogen (secondary N) is 2. The lowest BCUT2D eigenvalue weighted by atomic mass is 9.93. The molecule has 1 fully saturated rings. The number of aryl methyl sites for hydroxylation is 2. The zero-order chi connectivity index (χ0) is 22.0. The Balaban J connectivity index is 1.35. The summed E-state index contributed by atoms with van der Waals surface area (Å²) >= 11 is 0. The van der Waals surface area contributed by atoms with E-state index in [1.165, 1.54) is 10.6 Å². The first-order valence-corrected chi connectivity index (χ1v) is 10.6. The summed E-state index contributed by atoms with van der Waals surface area (Å²) in [6, 6.07) is 6.18. The van der Waals surface area contributed by atoms with Gasteiger partial charge in [0.2, 0.25) is 5.91 Å².